The lowest BCUT2D eigenvalue weighted by molar-refractivity contribution is 0.719. The first kappa shape index (κ1) is 5.47. The summed E-state index contributed by atoms with van der Waals surface area (Å²) in [5.74, 6) is 1.01. The molecule has 0 saturated carbocycles. The molecule has 0 atom stereocenters. The molecule has 0 aromatic heterocycles. The number of hydrogen-bond acceptors (Lipinski definition) is 2. The van der Waals surface area contributed by atoms with E-state index in [2.05, 4.69) is 11.6 Å². The monoisotopic (exact) mass is 132 g/mol. The molecule has 0 spiro atoms. The van der Waals surface area contributed by atoms with Crippen LogP contribution >= 0.6 is 0 Å². The maximum absolute atomic E-state index is 4.24. The maximum atomic E-state index is 4.24. The van der Waals surface area contributed by atoms with Crippen LogP contribution in [0.4, 0.5) is 0 Å². The van der Waals surface area contributed by atoms with Crippen molar-refractivity contribution in [3.63, 3.8) is 0 Å². The van der Waals surface area contributed by atoms with Crippen LogP contribution < -0.4 is 0 Å². The van der Waals surface area contributed by atoms with E-state index in [0.717, 1.165) is 18.1 Å². The summed E-state index contributed by atoms with van der Waals surface area (Å²) in [6, 6.07) is 0. The van der Waals surface area contributed by atoms with Gasteiger partial charge in [-0.25, -0.2) is 0 Å². The molecule has 0 bridgehead atoms. The Kier molecular flexibility index (Phi) is 1.01. The molecule has 0 saturated heterocycles. The van der Waals surface area contributed by atoms with E-state index in [9.17, 15) is 0 Å². The molecular formula is C8H8N2. The van der Waals surface area contributed by atoms with Gasteiger partial charge in [-0.15, -0.1) is 0 Å². The predicted molar refractivity (Wildman–Crippen MR) is 41.6 cm³/mol. The molecule has 2 aliphatic rings. The van der Waals surface area contributed by atoms with Crippen molar-refractivity contribution < 1.29 is 0 Å². The summed E-state index contributed by atoms with van der Waals surface area (Å²) in [6.45, 7) is 4.60. The zero-order valence-electron chi connectivity index (χ0n) is 5.62. The van der Waals surface area contributed by atoms with Crippen molar-refractivity contribution in [2.24, 2.45) is 4.99 Å². The van der Waals surface area contributed by atoms with Crippen LogP contribution in [-0.2, 0) is 0 Å². The van der Waals surface area contributed by atoms with Crippen LogP contribution in [0.3, 0.4) is 0 Å². The van der Waals surface area contributed by atoms with Crippen LogP contribution in [0.1, 0.15) is 0 Å². The molecule has 2 rings (SSSR count). The van der Waals surface area contributed by atoms with Gasteiger partial charge in [0.1, 0.15) is 5.84 Å². The molecule has 0 unspecified atom stereocenters. The van der Waals surface area contributed by atoms with Gasteiger partial charge in [-0.1, -0.05) is 12.7 Å². The van der Waals surface area contributed by atoms with E-state index in [4.69, 9.17) is 0 Å². The van der Waals surface area contributed by atoms with Gasteiger partial charge < -0.3 is 4.90 Å². The SMILES string of the molecule is C=C1CN=C2C=CC=CN12. The fraction of sp³-hybridized carbons (Fsp3) is 0.125. The van der Waals surface area contributed by atoms with Crippen molar-refractivity contribution in [2.75, 3.05) is 6.54 Å². The Balaban J connectivity index is 2.39. The number of nitrogens with zero attached hydrogens (tertiary/aromatic N) is 2. The Morgan fingerprint density at radius 2 is 2.40 bits per heavy atom. The first-order valence-electron chi connectivity index (χ1n) is 3.24. The highest BCUT2D eigenvalue weighted by molar-refractivity contribution is 5.97. The lowest BCUT2D eigenvalue weighted by Crippen LogP contribution is -2.18. The summed E-state index contributed by atoms with van der Waals surface area (Å²) >= 11 is 0. The van der Waals surface area contributed by atoms with E-state index < -0.39 is 0 Å². The molecule has 2 heteroatoms. The molecule has 0 amide bonds. The molecule has 0 aliphatic carbocycles. The topological polar surface area (TPSA) is 15.6 Å². The molecule has 0 fully saturated rings. The van der Waals surface area contributed by atoms with E-state index in [-0.39, 0.29) is 0 Å². The van der Waals surface area contributed by atoms with Gasteiger partial charge in [-0.2, -0.15) is 0 Å². The van der Waals surface area contributed by atoms with Crippen LogP contribution in [-0.4, -0.2) is 17.3 Å². The zero-order valence-corrected chi connectivity index (χ0v) is 5.62. The Bertz CT molecular complexity index is 258. The summed E-state index contributed by atoms with van der Waals surface area (Å²) < 4.78 is 0. The largest absolute Gasteiger partial charge is 0.305 e. The average molecular weight is 132 g/mol. The zero-order chi connectivity index (χ0) is 6.97. The van der Waals surface area contributed by atoms with Crippen molar-refractivity contribution in [3.05, 3.63) is 36.7 Å². The van der Waals surface area contributed by atoms with Gasteiger partial charge in [-0.3, -0.25) is 4.99 Å². The second-order valence-corrected chi connectivity index (χ2v) is 2.31. The highest BCUT2D eigenvalue weighted by Gasteiger charge is 2.16. The number of allylic oxidation sites excluding steroid dienone is 2. The van der Waals surface area contributed by atoms with Crippen LogP contribution in [0.2, 0.25) is 0 Å². The second kappa shape index (κ2) is 1.84. The first-order valence-corrected chi connectivity index (χ1v) is 3.24. The molecule has 2 aliphatic heterocycles. The number of amidine groups is 1. The predicted octanol–water partition coefficient (Wildman–Crippen LogP) is 1.30. The molecule has 0 aromatic rings. The molecule has 10 heavy (non-hydrogen) atoms. The standard InChI is InChI=1S/C8H8N2/c1-7-6-9-8-4-2-3-5-10(7)8/h2-5H,1,6H2. The van der Waals surface area contributed by atoms with Crippen molar-refractivity contribution in [3.8, 4) is 0 Å². The van der Waals surface area contributed by atoms with Gasteiger partial charge in [0.05, 0.1) is 6.54 Å². The molecule has 0 aromatic carbocycles. The molecule has 0 radical (unpaired) electrons. The van der Waals surface area contributed by atoms with E-state index in [1.54, 1.807) is 0 Å². The summed E-state index contributed by atoms with van der Waals surface area (Å²) in [4.78, 5) is 6.24. The Labute approximate surface area is 59.9 Å². The van der Waals surface area contributed by atoms with Crippen molar-refractivity contribution >= 4 is 5.84 Å². The molecule has 0 N–H and O–H groups in total. The van der Waals surface area contributed by atoms with Crippen LogP contribution in [0.5, 0.6) is 0 Å². The minimum absolute atomic E-state index is 0.740. The number of aliphatic imine (C=N–C) groups is 1. The van der Waals surface area contributed by atoms with E-state index >= 15 is 0 Å². The third-order valence-corrected chi connectivity index (χ3v) is 1.60. The van der Waals surface area contributed by atoms with Gasteiger partial charge >= 0.3 is 0 Å². The quantitative estimate of drug-likeness (QED) is 0.485. The lowest BCUT2D eigenvalue weighted by atomic mass is 10.3. The van der Waals surface area contributed by atoms with Crippen molar-refractivity contribution in [1.29, 1.82) is 0 Å². The minimum Gasteiger partial charge on any atom is -0.305 e. The Hall–Kier alpha value is -1.31. The summed E-state index contributed by atoms with van der Waals surface area (Å²) in [7, 11) is 0. The Morgan fingerprint density at radius 3 is 3.20 bits per heavy atom. The van der Waals surface area contributed by atoms with Crippen LogP contribution in [0.25, 0.3) is 0 Å². The molecule has 2 heterocycles. The maximum Gasteiger partial charge on any atom is 0.132 e. The Morgan fingerprint density at radius 1 is 1.50 bits per heavy atom. The van der Waals surface area contributed by atoms with Crippen molar-refractivity contribution in [1.82, 2.24) is 4.90 Å². The number of rotatable bonds is 0. The van der Waals surface area contributed by atoms with Gasteiger partial charge in [0.2, 0.25) is 0 Å². The third kappa shape index (κ3) is 0.620. The van der Waals surface area contributed by atoms with Gasteiger partial charge in [0, 0.05) is 11.9 Å². The smallest absolute Gasteiger partial charge is 0.132 e. The number of fused-ring (bicyclic) bond motifs is 1. The average Bonchev–Trinajstić information content (AvgIpc) is 2.34. The minimum atomic E-state index is 0.740. The van der Waals surface area contributed by atoms with Gasteiger partial charge in [0.25, 0.3) is 0 Å². The molecular weight excluding hydrogens is 124 g/mol. The highest BCUT2D eigenvalue weighted by Crippen LogP contribution is 2.15. The fourth-order valence-corrected chi connectivity index (χ4v) is 1.08. The highest BCUT2D eigenvalue weighted by atomic mass is 15.2. The van der Waals surface area contributed by atoms with Crippen molar-refractivity contribution in [2.45, 2.75) is 0 Å². The summed E-state index contributed by atoms with van der Waals surface area (Å²) in [6.07, 6.45) is 7.93. The third-order valence-electron chi connectivity index (χ3n) is 1.60. The number of hydrogen-bond donors (Lipinski definition) is 0. The first-order chi connectivity index (χ1) is 4.88. The van der Waals surface area contributed by atoms with E-state index in [0.29, 0.717) is 0 Å². The van der Waals surface area contributed by atoms with Crippen LogP contribution in [0.15, 0.2) is 41.7 Å². The van der Waals surface area contributed by atoms with E-state index in [1.807, 2.05) is 29.3 Å². The molecule has 50 valence electrons. The van der Waals surface area contributed by atoms with E-state index in [1.165, 1.54) is 0 Å². The fourth-order valence-electron chi connectivity index (χ4n) is 1.08. The van der Waals surface area contributed by atoms with Gasteiger partial charge in [-0.05, 0) is 12.2 Å². The summed E-state index contributed by atoms with van der Waals surface area (Å²) in [5, 5.41) is 0. The summed E-state index contributed by atoms with van der Waals surface area (Å²) in [5.41, 5.74) is 1.05. The van der Waals surface area contributed by atoms with Gasteiger partial charge in [0.15, 0.2) is 0 Å². The normalized spacial score (nSPS) is 21.4. The second-order valence-electron chi connectivity index (χ2n) is 2.31. The van der Waals surface area contributed by atoms with Crippen LogP contribution in [0, 0.1) is 0 Å². The molecule has 2 nitrogen and oxygen atoms in total. The lowest BCUT2D eigenvalue weighted by Gasteiger charge is -2.15.